The van der Waals surface area contributed by atoms with Gasteiger partial charge in [0.05, 0.1) is 9.47 Å². The molecule has 0 aromatic heterocycles. The summed E-state index contributed by atoms with van der Waals surface area (Å²) in [5.41, 5.74) is -5.17. The number of carbonyl (C=O) groups excluding carboxylic acids is 1. The third-order valence-electron chi connectivity index (χ3n) is 2.09. The number of rotatable bonds is 5. The molecule has 0 aromatic rings. The van der Waals surface area contributed by atoms with E-state index < -0.39 is 17.3 Å². The van der Waals surface area contributed by atoms with Crippen molar-refractivity contribution in [2.24, 2.45) is 0 Å². The topological polar surface area (TPSA) is 26.3 Å². The Labute approximate surface area is 90.7 Å². The Bertz CT molecular complexity index is 277. The molecule has 0 rings (SSSR count). The number of alkyl halides is 2. The minimum atomic E-state index is -2.79. The fraction of sp³-hybridized carbons (Fsp3) is 0.500. The Hall–Kier alpha value is -0.760. The quantitative estimate of drug-likeness (QED) is 0.542. The molecule has 0 N–H and O–H groups in total. The van der Waals surface area contributed by atoms with Crippen molar-refractivity contribution in [3.63, 3.8) is 0 Å². The van der Waals surface area contributed by atoms with Crippen LogP contribution in [0.3, 0.4) is 0 Å². The first kappa shape index (κ1) is 14.2. The van der Waals surface area contributed by atoms with Crippen LogP contribution in [0.4, 0.5) is 8.78 Å². The van der Waals surface area contributed by atoms with Crippen LogP contribution in [0.2, 0.25) is 0 Å². The minimum absolute atomic E-state index is 0.284. The number of hydrogen-bond acceptors (Lipinski definition) is 2. The Morgan fingerprint density at radius 1 is 1.60 bits per heavy atom. The molecule has 86 valence electrons. The Balaban J connectivity index is 5.26. The molecule has 0 saturated heterocycles. The van der Waals surface area contributed by atoms with Crippen LogP contribution in [-0.2, 0) is 9.32 Å². The summed E-state index contributed by atoms with van der Waals surface area (Å²) in [6, 6.07) is 0. The highest BCUT2D eigenvalue weighted by Gasteiger charge is 2.54. The van der Waals surface area contributed by atoms with E-state index >= 15 is 0 Å². The smallest absolute Gasteiger partial charge is 0.353 e. The van der Waals surface area contributed by atoms with Crippen LogP contribution in [-0.4, -0.2) is 17.3 Å². The molecule has 0 aromatic carbocycles. The van der Waals surface area contributed by atoms with Gasteiger partial charge in [-0.3, -0.25) is 0 Å². The van der Waals surface area contributed by atoms with E-state index in [0.717, 1.165) is 13.0 Å². The highest BCUT2D eigenvalue weighted by Crippen LogP contribution is 2.37. The molecule has 0 bridgehead atoms. The van der Waals surface area contributed by atoms with Crippen LogP contribution in [0.5, 0.6) is 0 Å². The molecular formula is C10H15F2O2P. The fourth-order valence-electron chi connectivity index (χ4n) is 1.19. The first-order valence-corrected chi connectivity index (χ1v) is 4.86. The fourth-order valence-corrected chi connectivity index (χ4v) is 1.36. The van der Waals surface area contributed by atoms with E-state index in [-0.39, 0.29) is 6.42 Å². The second kappa shape index (κ2) is 5.36. The molecule has 0 spiro atoms. The molecule has 0 saturated carbocycles. The van der Waals surface area contributed by atoms with Gasteiger partial charge < -0.3 is 4.52 Å². The Morgan fingerprint density at radius 3 is 2.47 bits per heavy atom. The monoisotopic (exact) mass is 236 g/mol. The molecule has 3 atom stereocenters. The summed E-state index contributed by atoms with van der Waals surface area (Å²) in [6.07, 6.45) is 3.05. The van der Waals surface area contributed by atoms with Gasteiger partial charge in [-0.05, 0) is 19.9 Å². The molecule has 0 heterocycles. The SMILES string of the molecule is C=CCC(C)(F)C(F)(C=CC)C(=O)OP. The average Bonchev–Trinajstić information content (AvgIpc) is 2.16. The van der Waals surface area contributed by atoms with Gasteiger partial charge in [0.15, 0.2) is 5.67 Å². The van der Waals surface area contributed by atoms with Gasteiger partial charge in [-0.1, -0.05) is 12.2 Å². The van der Waals surface area contributed by atoms with Crippen molar-refractivity contribution in [1.29, 1.82) is 0 Å². The lowest BCUT2D eigenvalue weighted by atomic mass is 9.84. The summed E-state index contributed by atoms with van der Waals surface area (Å²) in [4.78, 5) is 11.2. The van der Waals surface area contributed by atoms with Crippen molar-refractivity contribution >= 4 is 15.4 Å². The lowest BCUT2D eigenvalue weighted by Crippen LogP contribution is -2.50. The molecule has 2 nitrogen and oxygen atoms in total. The molecule has 0 radical (unpaired) electrons. The number of allylic oxidation sites excluding steroid dienone is 2. The zero-order valence-electron chi connectivity index (χ0n) is 8.80. The van der Waals surface area contributed by atoms with Crippen LogP contribution in [0.25, 0.3) is 0 Å². The second-order valence-electron chi connectivity index (χ2n) is 3.31. The van der Waals surface area contributed by atoms with Gasteiger partial charge in [-0.2, -0.15) is 0 Å². The highest BCUT2D eigenvalue weighted by molar-refractivity contribution is 7.10. The van der Waals surface area contributed by atoms with Crippen LogP contribution in [0.15, 0.2) is 24.8 Å². The number of halogens is 2. The van der Waals surface area contributed by atoms with E-state index in [1.807, 2.05) is 0 Å². The lowest BCUT2D eigenvalue weighted by molar-refractivity contribution is -0.152. The van der Waals surface area contributed by atoms with Crippen LogP contribution in [0, 0.1) is 0 Å². The molecule has 0 aliphatic carbocycles. The Kier molecular flexibility index (Phi) is 5.09. The van der Waals surface area contributed by atoms with Crippen LogP contribution < -0.4 is 0 Å². The highest BCUT2D eigenvalue weighted by atomic mass is 31.0. The van der Waals surface area contributed by atoms with Gasteiger partial charge in [0.1, 0.15) is 0 Å². The van der Waals surface area contributed by atoms with Crippen LogP contribution >= 0.6 is 9.47 Å². The molecule has 15 heavy (non-hydrogen) atoms. The Morgan fingerprint density at radius 2 is 2.13 bits per heavy atom. The van der Waals surface area contributed by atoms with E-state index in [1.165, 1.54) is 19.1 Å². The van der Waals surface area contributed by atoms with Gasteiger partial charge in [-0.15, -0.1) is 6.58 Å². The largest absolute Gasteiger partial charge is 0.449 e. The molecule has 0 aliphatic heterocycles. The third-order valence-corrected chi connectivity index (χ3v) is 2.30. The zero-order valence-corrected chi connectivity index (χ0v) is 9.95. The summed E-state index contributed by atoms with van der Waals surface area (Å²) in [5, 5.41) is 0. The molecule has 0 aliphatic rings. The van der Waals surface area contributed by atoms with E-state index in [0.29, 0.717) is 0 Å². The van der Waals surface area contributed by atoms with Crippen molar-refractivity contribution in [3.05, 3.63) is 24.8 Å². The van der Waals surface area contributed by atoms with Crippen molar-refractivity contribution in [1.82, 2.24) is 0 Å². The minimum Gasteiger partial charge on any atom is -0.449 e. The van der Waals surface area contributed by atoms with E-state index in [2.05, 4.69) is 11.1 Å². The molecular weight excluding hydrogens is 221 g/mol. The zero-order chi connectivity index (χ0) is 12.1. The standard InChI is InChI=1S/C10H15F2O2P/c1-4-6-9(3,11)10(12,7-5-2)8(13)14-15/h4-5,7H,1,6,15H2,2-3H3. The number of carbonyl (C=O) groups is 1. The molecule has 5 heteroatoms. The first-order valence-electron chi connectivity index (χ1n) is 4.39. The second-order valence-corrected chi connectivity index (χ2v) is 3.54. The van der Waals surface area contributed by atoms with Gasteiger partial charge in [-0.25, -0.2) is 13.6 Å². The average molecular weight is 236 g/mol. The van der Waals surface area contributed by atoms with Gasteiger partial charge in [0.25, 0.3) is 5.67 Å². The predicted octanol–water partition coefficient (Wildman–Crippen LogP) is 2.91. The summed E-state index contributed by atoms with van der Waals surface area (Å²) in [6.45, 7) is 5.81. The maximum atomic E-state index is 14.2. The van der Waals surface area contributed by atoms with Crippen molar-refractivity contribution in [3.8, 4) is 0 Å². The normalized spacial score (nSPS) is 19.3. The van der Waals surface area contributed by atoms with Gasteiger partial charge in [0.2, 0.25) is 0 Å². The summed E-state index contributed by atoms with van der Waals surface area (Å²) < 4.78 is 32.3. The summed E-state index contributed by atoms with van der Waals surface area (Å²) >= 11 is 0. The van der Waals surface area contributed by atoms with Crippen LogP contribution in [0.1, 0.15) is 20.3 Å². The van der Waals surface area contributed by atoms with Gasteiger partial charge in [0, 0.05) is 6.42 Å². The third kappa shape index (κ3) is 2.85. The van der Waals surface area contributed by atoms with Crippen molar-refractivity contribution in [2.75, 3.05) is 0 Å². The molecule has 0 amide bonds. The first-order chi connectivity index (χ1) is 6.85. The van der Waals surface area contributed by atoms with E-state index in [1.54, 1.807) is 9.47 Å². The predicted molar refractivity (Wildman–Crippen MR) is 58.8 cm³/mol. The number of hydrogen-bond donors (Lipinski definition) is 0. The maximum Gasteiger partial charge on any atom is 0.353 e. The van der Waals surface area contributed by atoms with Crippen molar-refractivity contribution < 1.29 is 18.1 Å². The molecule has 3 unspecified atom stereocenters. The van der Waals surface area contributed by atoms with Crippen molar-refractivity contribution in [2.45, 2.75) is 31.6 Å². The molecule has 0 fully saturated rings. The maximum absolute atomic E-state index is 14.2. The van der Waals surface area contributed by atoms with E-state index in [4.69, 9.17) is 0 Å². The van der Waals surface area contributed by atoms with E-state index in [9.17, 15) is 13.6 Å². The summed E-state index contributed by atoms with van der Waals surface area (Å²) in [7, 11) is 1.61. The van der Waals surface area contributed by atoms with Gasteiger partial charge >= 0.3 is 5.97 Å². The summed E-state index contributed by atoms with van der Waals surface area (Å²) in [5.74, 6) is -1.28. The lowest BCUT2D eigenvalue weighted by Gasteiger charge is -2.31.